The van der Waals surface area contributed by atoms with Crippen LogP contribution in [0.2, 0.25) is 0 Å². The lowest BCUT2D eigenvalue weighted by Gasteiger charge is -2.18. The predicted molar refractivity (Wildman–Crippen MR) is 85.3 cm³/mol. The maximum Gasteiger partial charge on any atom is 0.222 e. The van der Waals surface area contributed by atoms with Crippen molar-refractivity contribution in [3.8, 4) is 0 Å². The van der Waals surface area contributed by atoms with E-state index >= 15 is 0 Å². The molecule has 0 aromatic carbocycles. The summed E-state index contributed by atoms with van der Waals surface area (Å²) in [4.78, 5) is 8.59. The molecule has 0 saturated carbocycles. The molecule has 0 bridgehead atoms. The summed E-state index contributed by atoms with van der Waals surface area (Å²) in [5.41, 5.74) is 10.0. The normalized spacial score (nSPS) is 12.4. The van der Waals surface area contributed by atoms with Crippen molar-refractivity contribution in [1.29, 1.82) is 0 Å². The summed E-state index contributed by atoms with van der Waals surface area (Å²) in [7, 11) is 0. The Kier molecular flexibility index (Phi) is 4.45. The van der Waals surface area contributed by atoms with Crippen LogP contribution in [0.15, 0.2) is 6.07 Å². The molecule has 2 aromatic heterocycles. The molecule has 114 valence electrons. The molecule has 0 radical (unpaired) electrons. The van der Waals surface area contributed by atoms with Gasteiger partial charge >= 0.3 is 0 Å². The van der Waals surface area contributed by atoms with E-state index in [2.05, 4.69) is 47.2 Å². The minimum absolute atomic E-state index is 0.195. The highest BCUT2D eigenvalue weighted by Crippen LogP contribution is 2.18. The van der Waals surface area contributed by atoms with Crippen LogP contribution in [0, 0.1) is 20.8 Å². The smallest absolute Gasteiger partial charge is 0.222 e. The minimum Gasteiger partial charge on any atom is -0.368 e. The van der Waals surface area contributed by atoms with E-state index < -0.39 is 0 Å². The maximum absolute atomic E-state index is 5.78. The predicted octanol–water partition coefficient (Wildman–Crippen LogP) is 2.24. The zero-order valence-electron chi connectivity index (χ0n) is 13.4. The zero-order valence-corrected chi connectivity index (χ0v) is 13.4. The molecule has 6 heteroatoms. The largest absolute Gasteiger partial charge is 0.368 e. The van der Waals surface area contributed by atoms with E-state index in [1.807, 2.05) is 18.5 Å². The van der Waals surface area contributed by atoms with Crippen molar-refractivity contribution in [3.63, 3.8) is 0 Å². The van der Waals surface area contributed by atoms with Crippen LogP contribution in [0.25, 0.3) is 0 Å². The third-order valence-electron chi connectivity index (χ3n) is 3.53. The van der Waals surface area contributed by atoms with Gasteiger partial charge in [0.2, 0.25) is 5.95 Å². The Hall–Kier alpha value is -2.11. The van der Waals surface area contributed by atoms with Gasteiger partial charge in [0.25, 0.3) is 0 Å². The topological polar surface area (TPSA) is 81.6 Å². The third-order valence-corrected chi connectivity index (χ3v) is 3.53. The molecule has 2 aromatic rings. The molecule has 0 unspecified atom stereocenters. The molecule has 2 rings (SSSR count). The standard InChI is InChI=1S/C15H24N6/c1-6-13-12(5)14(19-15(16)18-13)17-10(3)8-21-11(4)7-9(2)20-21/h7,10H,6,8H2,1-5H3,(H3,16,17,18,19)/t10-/m1/s1. The number of aryl methyl sites for hydroxylation is 3. The molecule has 0 aliphatic carbocycles. The van der Waals surface area contributed by atoms with E-state index in [1.54, 1.807) is 0 Å². The monoisotopic (exact) mass is 288 g/mol. The van der Waals surface area contributed by atoms with E-state index in [4.69, 9.17) is 5.73 Å². The van der Waals surface area contributed by atoms with Crippen LogP contribution in [-0.2, 0) is 13.0 Å². The second kappa shape index (κ2) is 6.11. The number of nitrogen functional groups attached to an aromatic ring is 1. The lowest BCUT2D eigenvalue weighted by Crippen LogP contribution is -2.25. The van der Waals surface area contributed by atoms with Crippen LogP contribution in [0.3, 0.4) is 0 Å². The Labute approximate surface area is 125 Å². The molecule has 1 atom stereocenters. The van der Waals surface area contributed by atoms with Gasteiger partial charge in [0, 0.05) is 17.3 Å². The number of nitrogens with two attached hydrogens (primary N) is 1. The maximum atomic E-state index is 5.78. The summed E-state index contributed by atoms with van der Waals surface area (Å²) in [6, 6.07) is 2.27. The number of hydrogen-bond donors (Lipinski definition) is 2. The lowest BCUT2D eigenvalue weighted by atomic mass is 10.2. The van der Waals surface area contributed by atoms with Gasteiger partial charge in [0.05, 0.1) is 17.9 Å². The van der Waals surface area contributed by atoms with Crippen molar-refractivity contribution >= 4 is 11.8 Å². The van der Waals surface area contributed by atoms with E-state index in [0.717, 1.165) is 41.4 Å². The second-order valence-electron chi connectivity index (χ2n) is 5.51. The van der Waals surface area contributed by atoms with Crippen LogP contribution < -0.4 is 11.1 Å². The molecule has 2 heterocycles. The van der Waals surface area contributed by atoms with Gasteiger partial charge in [0.15, 0.2) is 0 Å². The molecule has 0 saturated heterocycles. The lowest BCUT2D eigenvalue weighted by molar-refractivity contribution is 0.544. The fourth-order valence-electron chi connectivity index (χ4n) is 2.47. The van der Waals surface area contributed by atoms with Crippen molar-refractivity contribution in [1.82, 2.24) is 19.7 Å². The molecular weight excluding hydrogens is 264 g/mol. The zero-order chi connectivity index (χ0) is 15.6. The van der Waals surface area contributed by atoms with Crippen molar-refractivity contribution < 1.29 is 0 Å². The molecule has 0 fully saturated rings. The van der Waals surface area contributed by atoms with Gasteiger partial charge in [0.1, 0.15) is 5.82 Å². The Morgan fingerprint density at radius 2 is 2.00 bits per heavy atom. The van der Waals surface area contributed by atoms with Gasteiger partial charge in [-0.1, -0.05) is 6.92 Å². The third kappa shape index (κ3) is 3.51. The second-order valence-corrected chi connectivity index (χ2v) is 5.51. The SMILES string of the molecule is CCc1nc(N)nc(N[C@H](C)Cn2nc(C)cc2C)c1C. The highest BCUT2D eigenvalue weighted by atomic mass is 15.3. The van der Waals surface area contributed by atoms with Crippen LogP contribution in [0.5, 0.6) is 0 Å². The van der Waals surface area contributed by atoms with Crippen molar-refractivity contribution in [3.05, 3.63) is 28.7 Å². The Bertz CT molecular complexity index is 631. The van der Waals surface area contributed by atoms with Crippen LogP contribution in [0.1, 0.15) is 36.5 Å². The summed E-state index contributed by atoms with van der Waals surface area (Å²) < 4.78 is 2.01. The summed E-state index contributed by atoms with van der Waals surface area (Å²) in [6.07, 6.45) is 0.846. The molecule has 0 aliphatic rings. The molecule has 21 heavy (non-hydrogen) atoms. The molecule has 0 aliphatic heterocycles. The Balaban J connectivity index is 2.14. The van der Waals surface area contributed by atoms with Crippen LogP contribution in [-0.4, -0.2) is 25.8 Å². The van der Waals surface area contributed by atoms with E-state index in [-0.39, 0.29) is 6.04 Å². The van der Waals surface area contributed by atoms with Crippen LogP contribution in [0.4, 0.5) is 11.8 Å². The fraction of sp³-hybridized carbons (Fsp3) is 0.533. The molecule has 6 nitrogen and oxygen atoms in total. The van der Waals surface area contributed by atoms with Gasteiger partial charge < -0.3 is 11.1 Å². The first-order valence-corrected chi connectivity index (χ1v) is 7.31. The first kappa shape index (κ1) is 15.3. The number of hydrogen-bond acceptors (Lipinski definition) is 5. The number of aromatic nitrogens is 4. The molecule has 3 N–H and O–H groups in total. The van der Waals surface area contributed by atoms with Gasteiger partial charge in [-0.3, -0.25) is 4.68 Å². The molecule has 0 spiro atoms. The van der Waals surface area contributed by atoms with E-state index in [1.165, 1.54) is 0 Å². The molecule has 0 amide bonds. The highest BCUT2D eigenvalue weighted by Gasteiger charge is 2.12. The van der Waals surface area contributed by atoms with Crippen LogP contribution >= 0.6 is 0 Å². The summed E-state index contributed by atoms with van der Waals surface area (Å²) in [6.45, 7) is 11.1. The van der Waals surface area contributed by atoms with E-state index in [0.29, 0.717) is 5.95 Å². The average Bonchev–Trinajstić information content (AvgIpc) is 2.71. The summed E-state index contributed by atoms with van der Waals surface area (Å²) in [5, 5.41) is 7.90. The van der Waals surface area contributed by atoms with Crippen molar-refractivity contribution in [2.75, 3.05) is 11.1 Å². The number of nitrogens with zero attached hydrogens (tertiary/aromatic N) is 4. The summed E-state index contributed by atoms with van der Waals surface area (Å²) >= 11 is 0. The van der Waals surface area contributed by atoms with E-state index in [9.17, 15) is 0 Å². The Morgan fingerprint density at radius 3 is 2.57 bits per heavy atom. The average molecular weight is 288 g/mol. The fourth-order valence-corrected chi connectivity index (χ4v) is 2.47. The first-order valence-electron chi connectivity index (χ1n) is 7.31. The summed E-state index contributed by atoms with van der Waals surface area (Å²) in [5.74, 6) is 1.13. The van der Waals surface area contributed by atoms with Gasteiger partial charge in [-0.05, 0) is 40.2 Å². The number of nitrogens with one attached hydrogen (secondary N) is 1. The number of anilines is 2. The Morgan fingerprint density at radius 1 is 1.29 bits per heavy atom. The number of rotatable bonds is 5. The molecular formula is C15H24N6. The minimum atomic E-state index is 0.195. The van der Waals surface area contributed by atoms with Gasteiger partial charge in [-0.25, -0.2) is 4.98 Å². The van der Waals surface area contributed by atoms with Crippen molar-refractivity contribution in [2.24, 2.45) is 0 Å². The van der Waals surface area contributed by atoms with Crippen molar-refractivity contribution in [2.45, 2.75) is 53.6 Å². The highest BCUT2D eigenvalue weighted by molar-refractivity contribution is 5.49. The van der Waals surface area contributed by atoms with Gasteiger partial charge in [-0.15, -0.1) is 0 Å². The first-order chi connectivity index (χ1) is 9.90. The van der Waals surface area contributed by atoms with Gasteiger partial charge in [-0.2, -0.15) is 10.1 Å². The quantitative estimate of drug-likeness (QED) is 0.882.